The Morgan fingerprint density at radius 1 is 1.14 bits per heavy atom. The van der Waals surface area contributed by atoms with Crippen LogP contribution in [0.15, 0.2) is 41.6 Å². The first-order valence-corrected chi connectivity index (χ1v) is 7.88. The Hall–Kier alpha value is -1.99. The molecular weight excluding hydrogens is 292 g/mol. The van der Waals surface area contributed by atoms with Crippen LogP contribution in [0.1, 0.15) is 5.56 Å². The molecule has 0 radical (unpaired) electrons. The van der Waals surface area contributed by atoms with Gasteiger partial charge < -0.3 is 14.5 Å². The minimum Gasteiger partial charge on any atom is -0.493 e. The number of aromatic amines is 1. The summed E-state index contributed by atoms with van der Waals surface area (Å²) < 4.78 is 37.2. The summed E-state index contributed by atoms with van der Waals surface area (Å²) in [6.07, 6.45) is 4.26. The van der Waals surface area contributed by atoms with Crippen LogP contribution in [0.3, 0.4) is 0 Å². The molecule has 0 saturated carbocycles. The lowest BCUT2D eigenvalue weighted by molar-refractivity contribution is 0.354. The zero-order valence-electron chi connectivity index (χ0n) is 11.9. The highest BCUT2D eigenvalue weighted by molar-refractivity contribution is 7.89. The maximum absolute atomic E-state index is 12.2. The van der Waals surface area contributed by atoms with Crippen LogP contribution in [0.4, 0.5) is 0 Å². The zero-order chi connectivity index (χ0) is 15.3. The highest BCUT2D eigenvalue weighted by Gasteiger charge is 2.16. The Morgan fingerprint density at radius 2 is 1.90 bits per heavy atom. The molecule has 0 saturated heterocycles. The standard InChI is InChI=1S/C14H18N2O4S/c1-19-13-4-3-12(9-14(13)20-2)21(17,18)16-8-6-11-5-7-15-10-11/h3-5,7,9-10,15-16H,6,8H2,1-2H3. The lowest BCUT2D eigenvalue weighted by Gasteiger charge is -2.10. The normalized spacial score (nSPS) is 11.3. The molecule has 114 valence electrons. The first-order valence-electron chi connectivity index (χ1n) is 6.40. The SMILES string of the molecule is COc1ccc(S(=O)(=O)NCCc2cc[nH]c2)cc1OC. The van der Waals surface area contributed by atoms with E-state index in [4.69, 9.17) is 9.47 Å². The molecule has 0 unspecified atom stereocenters. The summed E-state index contributed by atoms with van der Waals surface area (Å²) in [5.74, 6) is 0.870. The van der Waals surface area contributed by atoms with E-state index >= 15 is 0 Å². The van der Waals surface area contributed by atoms with Gasteiger partial charge in [-0.2, -0.15) is 0 Å². The molecule has 0 spiro atoms. The van der Waals surface area contributed by atoms with Crippen LogP contribution in [0.25, 0.3) is 0 Å². The zero-order valence-corrected chi connectivity index (χ0v) is 12.7. The molecular formula is C14H18N2O4S. The topological polar surface area (TPSA) is 80.4 Å². The number of rotatable bonds is 7. The van der Waals surface area contributed by atoms with E-state index in [2.05, 4.69) is 9.71 Å². The van der Waals surface area contributed by atoms with Crippen molar-refractivity contribution in [1.29, 1.82) is 0 Å². The van der Waals surface area contributed by atoms with Gasteiger partial charge in [-0.25, -0.2) is 13.1 Å². The summed E-state index contributed by atoms with van der Waals surface area (Å²) in [5.41, 5.74) is 1.05. The van der Waals surface area contributed by atoms with E-state index in [0.717, 1.165) is 5.56 Å². The molecule has 0 aliphatic rings. The number of benzene rings is 1. The molecule has 0 aliphatic heterocycles. The van der Waals surface area contributed by atoms with E-state index in [1.807, 2.05) is 12.3 Å². The van der Waals surface area contributed by atoms with Crippen LogP contribution in [-0.2, 0) is 16.4 Å². The summed E-state index contributed by atoms with van der Waals surface area (Å²) in [4.78, 5) is 3.08. The fourth-order valence-corrected chi connectivity index (χ4v) is 2.96. The second-order valence-electron chi connectivity index (χ2n) is 4.38. The largest absolute Gasteiger partial charge is 0.493 e. The van der Waals surface area contributed by atoms with Gasteiger partial charge in [-0.05, 0) is 30.2 Å². The molecule has 1 heterocycles. The second kappa shape index (κ2) is 6.64. The van der Waals surface area contributed by atoms with Crippen LogP contribution in [0.5, 0.6) is 11.5 Å². The van der Waals surface area contributed by atoms with E-state index in [1.54, 1.807) is 12.3 Å². The van der Waals surface area contributed by atoms with Crippen molar-refractivity contribution >= 4 is 10.0 Å². The molecule has 21 heavy (non-hydrogen) atoms. The van der Waals surface area contributed by atoms with E-state index in [-0.39, 0.29) is 4.90 Å². The first kappa shape index (κ1) is 15.4. The molecule has 0 bridgehead atoms. The van der Waals surface area contributed by atoms with Crippen molar-refractivity contribution in [2.75, 3.05) is 20.8 Å². The van der Waals surface area contributed by atoms with E-state index in [9.17, 15) is 8.42 Å². The molecule has 0 amide bonds. The van der Waals surface area contributed by atoms with E-state index in [1.165, 1.54) is 26.4 Å². The van der Waals surface area contributed by atoms with Crippen molar-refractivity contribution in [2.24, 2.45) is 0 Å². The molecule has 1 aromatic heterocycles. The number of aromatic nitrogens is 1. The molecule has 1 aromatic carbocycles. The lowest BCUT2D eigenvalue weighted by atomic mass is 10.2. The van der Waals surface area contributed by atoms with Crippen molar-refractivity contribution in [2.45, 2.75) is 11.3 Å². The molecule has 0 atom stereocenters. The highest BCUT2D eigenvalue weighted by Crippen LogP contribution is 2.29. The Kier molecular flexibility index (Phi) is 4.87. The van der Waals surface area contributed by atoms with Gasteiger partial charge >= 0.3 is 0 Å². The van der Waals surface area contributed by atoms with Crippen molar-refractivity contribution in [3.8, 4) is 11.5 Å². The van der Waals surface area contributed by atoms with E-state index in [0.29, 0.717) is 24.5 Å². The van der Waals surface area contributed by atoms with Gasteiger partial charge in [-0.3, -0.25) is 0 Å². The molecule has 2 rings (SSSR count). The van der Waals surface area contributed by atoms with Crippen LogP contribution < -0.4 is 14.2 Å². The monoisotopic (exact) mass is 310 g/mol. The maximum Gasteiger partial charge on any atom is 0.240 e. The quantitative estimate of drug-likeness (QED) is 0.813. The Morgan fingerprint density at radius 3 is 2.52 bits per heavy atom. The number of ether oxygens (including phenoxy) is 2. The van der Waals surface area contributed by atoms with Crippen LogP contribution >= 0.6 is 0 Å². The van der Waals surface area contributed by atoms with Crippen molar-refractivity contribution in [3.05, 3.63) is 42.2 Å². The molecule has 7 heteroatoms. The predicted molar refractivity (Wildman–Crippen MR) is 79.2 cm³/mol. The fourth-order valence-electron chi connectivity index (χ4n) is 1.91. The molecule has 2 aromatic rings. The smallest absolute Gasteiger partial charge is 0.240 e. The van der Waals surface area contributed by atoms with Crippen LogP contribution in [-0.4, -0.2) is 34.2 Å². The number of nitrogens with one attached hydrogen (secondary N) is 2. The first-order chi connectivity index (χ1) is 10.1. The Labute approximate surface area is 124 Å². The second-order valence-corrected chi connectivity index (χ2v) is 6.15. The summed E-state index contributed by atoms with van der Waals surface area (Å²) in [5, 5.41) is 0. The third-order valence-corrected chi connectivity index (χ3v) is 4.49. The average Bonchev–Trinajstić information content (AvgIpc) is 2.99. The van der Waals surface area contributed by atoms with Gasteiger partial charge in [0.15, 0.2) is 11.5 Å². The molecule has 0 aliphatic carbocycles. The molecule has 2 N–H and O–H groups in total. The van der Waals surface area contributed by atoms with Crippen molar-refractivity contribution in [3.63, 3.8) is 0 Å². The molecule has 0 fully saturated rings. The minimum atomic E-state index is -3.57. The van der Waals surface area contributed by atoms with Gasteiger partial charge in [0.1, 0.15) is 0 Å². The van der Waals surface area contributed by atoms with Gasteiger partial charge in [0.05, 0.1) is 19.1 Å². The van der Waals surface area contributed by atoms with Gasteiger partial charge in [0.2, 0.25) is 10.0 Å². The summed E-state index contributed by atoms with van der Waals surface area (Å²) >= 11 is 0. The van der Waals surface area contributed by atoms with Crippen molar-refractivity contribution < 1.29 is 17.9 Å². The van der Waals surface area contributed by atoms with Gasteiger partial charge in [-0.15, -0.1) is 0 Å². The summed E-state index contributed by atoms with van der Waals surface area (Å²) in [7, 11) is -0.600. The number of hydrogen-bond donors (Lipinski definition) is 2. The number of hydrogen-bond acceptors (Lipinski definition) is 4. The fraction of sp³-hybridized carbons (Fsp3) is 0.286. The summed E-state index contributed by atoms with van der Waals surface area (Å²) in [6, 6.07) is 6.40. The predicted octanol–water partition coefficient (Wildman–Crippen LogP) is 1.55. The Bertz CT molecular complexity index is 681. The third kappa shape index (κ3) is 3.77. The van der Waals surface area contributed by atoms with Gasteiger partial charge in [0.25, 0.3) is 0 Å². The Balaban J connectivity index is 2.08. The van der Waals surface area contributed by atoms with Gasteiger partial charge in [0, 0.05) is 25.0 Å². The maximum atomic E-state index is 12.2. The number of methoxy groups -OCH3 is 2. The third-order valence-electron chi connectivity index (χ3n) is 3.03. The highest BCUT2D eigenvalue weighted by atomic mass is 32.2. The van der Waals surface area contributed by atoms with Crippen LogP contribution in [0.2, 0.25) is 0 Å². The minimum absolute atomic E-state index is 0.147. The summed E-state index contributed by atoms with van der Waals surface area (Å²) in [6.45, 7) is 0.328. The lowest BCUT2D eigenvalue weighted by Crippen LogP contribution is -2.26. The van der Waals surface area contributed by atoms with Gasteiger partial charge in [-0.1, -0.05) is 0 Å². The van der Waals surface area contributed by atoms with Crippen LogP contribution in [0, 0.1) is 0 Å². The molecule has 6 nitrogen and oxygen atoms in total. The van der Waals surface area contributed by atoms with Crippen molar-refractivity contribution in [1.82, 2.24) is 9.71 Å². The number of sulfonamides is 1. The average molecular weight is 310 g/mol. The number of H-pyrrole nitrogens is 1. The van der Waals surface area contributed by atoms with E-state index < -0.39 is 10.0 Å².